The molecule has 6 nitrogen and oxygen atoms in total. The summed E-state index contributed by atoms with van der Waals surface area (Å²) in [5, 5.41) is 10.5. The fourth-order valence-electron chi connectivity index (χ4n) is 2.80. The molecule has 0 aliphatic heterocycles. The van der Waals surface area contributed by atoms with Gasteiger partial charge >= 0.3 is 5.69 Å². The van der Waals surface area contributed by atoms with E-state index in [9.17, 15) is 9.59 Å². The summed E-state index contributed by atoms with van der Waals surface area (Å²) in [6.45, 7) is 2.15. The Balaban J connectivity index is 2.35. The van der Waals surface area contributed by atoms with Crippen LogP contribution in [-0.4, -0.2) is 32.8 Å². The van der Waals surface area contributed by atoms with Crippen LogP contribution in [0.4, 0.5) is 0 Å². The first-order chi connectivity index (χ1) is 13.6. The van der Waals surface area contributed by atoms with Crippen molar-refractivity contribution in [1.82, 2.24) is 9.13 Å². The highest BCUT2D eigenvalue weighted by Crippen LogP contribution is 2.28. The van der Waals surface area contributed by atoms with Crippen molar-refractivity contribution in [1.29, 1.82) is 0 Å². The molecule has 0 saturated carbocycles. The van der Waals surface area contributed by atoms with Crippen molar-refractivity contribution >= 4 is 27.7 Å². The first-order valence-corrected chi connectivity index (χ1v) is 11.4. The van der Waals surface area contributed by atoms with Gasteiger partial charge in [0, 0.05) is 22.3 Å². The molecule has 0 fully saturated rings. The average molecular weight is 471 g/mol. The minimum Gasteiger partial charge on any atom is -0.394 e. The molecule has 8 heteroatoms. The van der Waals surface area contributed by atoms with Crippen LogP contribution >= 0.6 is 27.7 Å². The molecule has 1 aromatic carbocycles. The zero-order chi connectivity index (χ0) is 20.4. The number of aromatic nitrogens is 2. The molecule has 2 rings (SSSR count). The predicted octanol–water partition coefficient (Wildman–Crippen LogP) is 3.39. The number of benzene rings is 1. The first-order valence-electron chi connectivity index (χ1n) is 9.41. The Morgan fingerprint density at radius 1 is 1.07 bits per heavy atom. The minimum absolute atomic E-state index is 0.000727. The quantitative estimate of drug-likeness (QED) is 0.292. The Morgan fingerprint density at radius 3 is 2.46 bits per heavy atom. The highest BCUT2D eigenvalue weighted by Gasteiger charge is 2.17. The van der Waals surface area contributed by atoms with Crippen LogP contribution in [0.5, 0.6) is 0 Å². The lowest BCUT2D eigenvalue weighted by atomic mass is 10.2. The molecule has 0 radical (unpaired) electrons. The van der Waals surface area contributed by atoms with Crippen LogP contribution < -0.4 is 11.2 Å². The van der Waals surface area contributed by atoms with Crippen molar-refractivity contribution in [2.24, 2.45) is 0 Å². The van der Waals surface area contributed by atoms with Crippen molar-refractivity contribution in [2.75, 3.05) is 18.5 Å². The van der Waals surface area contributed by atoms with E-state index in [1.807, 2.05) is 30.3 Å². The fourth-order valence-corrected chi connectivity index (χ4v) is 4.19. The molecule has 0 amide bonds. The summed E-state index contributed by atoms with van der Waals surface area (Å²) in [5.41, 5.74) is -0.0868. The monoisotopic (exact) mass is 470 g/mol. The molecule has 0 aliphatic carbocycles. The summed E-state index contributed by atoms with van der Waals surface area (Å²) < 4.78 is 8.21. The minimum atomic E-state index is -0.368. The average Bonchev–Trinajstić information content (AvgIpc) is 2.71. The van der Waals surface area contributed by atoms with Gasteiger partial charge in [0.1, 0.15) is 6.73 Å². The topological polar surface area (TPSA) is 73.5 Å². The summed E-state index contributed by atoms with van der Waals surface area (Å²) in [5.74, 6) is 0. The standard InChI is InChI=1S/C20H27BrN2O4S/c1-16-18(25)22(12-8-3-2-7-11-21)20(26)23(15-27-14-13-24)19(16)28-17-9-5-4-6-10-17/h4-6,9-10,24H,2-3,7-8,11-15H2,1H3. The van der Waals surface area contributed by atoms with Gasteiger partial charge in [0.2, 0.25) is 0 Å². The van der Waals surface area contributed by atoms with Gasteiger partial charge in [-0.2, -0.15) is 0 Å². The van der Waals surface area contributed by atoms with Gasteiger partial charge in [-0.1, -0.05) is 58.7 Å². The van der Waals surface area contributed by atoms with Crippen molar-refractivity contribution in [3.05, 3.63) is 56.7 Å². The molecule has 0 spiro atoms. The number of halogens is 1. The molecule has 28 heavy (non-hydrogen) atoms. The highest BCUT2D eigenvalue weighted by atomic mass is 79.9. The Bertz CT molecular complexity index is 852. The molecular weight excluding hydrogens is 444 g/mol. The van der Waals surface area contributed by atoms with Gasteiger partial charge in [-0.3, -0.25) is 13.9 Å². The van der Waals surface area contributed by atoms with Gasteiger partial charge in [-0.05, 0) is 31.9 Å². The number of nitrogens with zero attached hydrogens (tertiary/aromatic N) is 2. The zero-order valence-electron chi connectivity index (χ0n) is 16.1. The van der Waals surface area contributed by atoms with Gasteiger partial charge in [0.15, 0.2) is 0 Å². The molecule has 0 bridgehead atoms. The van der Waals surface area contributed by atoms with E-state index in [4.69, 9.17) is 9.84 Å². The zero-order valence-corrected chi connectivity index (χ0v) is 18.5. The van der Waals surface area contributed by atoms with Crippen LogP contribution in [0.3, 0.4) is 0 Å². The van der Waals surface area contributed by atoms with Crippen molar-refractivity contribution in [3.63, 3.8) is 0 Å². The second-order valence-electron chi connectivity index (χ2n) is 6.38. The number of ether oxygens (including phenoxy) is 1. The Hall–Kier alpha value is -1.35. The van der Waals surface area contributed by atoms with Crippen molar-refractivity contribution in [3.8, 4) is 0 Å². The Morgan fingerprint density at radius 2 is 1.79 bits per heavy atom. The Labute approximate surface area is 177 Å². The van der Waals surface area contributed by atoms with Gasteiger partial charge in [-0.15, -0.1) is 0 Å². The number of rotatable bonds is 12. The van der Waals surface area contributed by atoms with Crippen molar-refractivity contribution < 1.29 is 9.84 Å². The van der Waals surface area contributed by atoms with E-state index in [1.54, 1.807) is 6.92 Å². The van der Waals surface area contributed by atoms with E-state index < -0.39 is 0 Å². The molecule has 0 atom stereocenters. The maximum Gasteiger partial charge on any atom is 0.333 e. The summed E-state index contributed by atoms with van der Waals surface area (Å²) in [6.07, 6.45) is 3.90. The Kier molecular flexibility index (Phi) is 10.0. The SMILES string of the molecule is Cc1c(Sc2ccccc2)n(COCCO)c(=O)n(CCCCCCBr)c1=O. The van der Waals surface area contributed by atoms with E-state index in [1.165, 1.54) is 20.9 Å². The number of hydrogen-bond acceptors (Lipinski definition) is 5. The molecule has 154 valence electrons. The molecule has 0 unspecified atom stereocenters. The highest BCUT2D eigenvalue weighted by molar-refractivity contribution is 9.09. The van der Waals surface area contributed by atoms with Gasteiger partial charge in [0.25, 0.3) is 5.56 Å². The smallest absolute Gasteiger partial charge is 0.333 e. The maximum atomic E-state index is 13.0. The van der Waals surface area contributed by atoms with E-state index in [-0.39, 0.29) is 31.2 Å². The van der Waals surface area contributed by atoms with Crippen LogP contribution in [0.25, 0.3) is 0 Å². The lowest BCUT2D eigenvalue weighted by Gasteiger charge is -2.17. The lowest BCUT2D eigenvalue weighted by molar-refractivity contribution is 0.0402. The largest absolute Gasteiger partial charge is 0.394 e. The molecule has 1 aromatic heterocycles. The third-order valence-corrected chi connectivity index (χ3v) is 6.06. The fraction of sp³-hybridized carbons (Fsp3) is 0.500. The molecule has 0 aliphatic rings. The van der Waals surface area contributed by atoms with E-state index >= 15 is 0 Å². The second kappa shape index (κ2) is 12.3. The molecule has 1 heterocycles. The van der Waals surface area contributed by atoms with Gasteiger partial charge in [0.05, 0.1) is 18.2 Å². The van der Waals surface area contributed by atoms with Gasteiger partial charge < -0.3 is 9.84 Å². The maximum absolute atomic E-state index is 13.0. The first kappa shape index (κ1) is 22.9. The van der Waals surface area contributed by atoms with Crippen LogP contribution in [-0.2, 0) is 18.0 Å². The van der Waals surface area contributed by atoms with E-state index in [0.29, 0.717) is 17.1 Å². The molecule has 2 aromatic rings. The van der Waals surface area contributed by atoms with Crippen molar-refractivity contribution in [2.45, 2.75) is 55.8 Å². The third kappa shape index (κ3) is 6.34. The number of aliphatic hydroxyl groups is 1. The lowest BCUT2D eigenvalue weighted by Crippen LogP contribution is -2.42. The van der Waals surface area contributed by atoms with Crippen LogP contribution in [0.2, 0.25) is 0 Å². The summed E-state index contributed by atoms with van der Waals surface area (Å²) in [7, 11) is 0. The molecule has 1 N–H and O–H groups in total. The summed E-state index contributed by atoms with van der Waals surface area (Å²) in [4.78, 5) is 26.8. The number of unbranched alkanes of at least 4 members (excludes halogenated alkanes) is 3. The molecular formula is C20H27BrN2O4S. The molecule has 0 saturated heterocycles. The summed E-state index contributed by atoms with van der Waals surface area (Å²) >= 11 is 4.78. The van der Waals surface area contributed by atoms with Gasteiger partial charge in [-0.25, -0.2) is 4.79 Å². The van der Waals surface area contributed by atoms with Crippen LogP contribution in [0, 0.1) is 6.92 Å². The number of aliphatic hydroxyl groups excluding tert-OH is 1. The third-order valence-electron chi connectivity index (χ3n) is 4.27. The predicted molar refractivity (Wildman–Crippen MR) is 116 cm³/mol. The number of alkyl halides is 1. The van der Waals surface area contributed by atoms with E-state index in [0.717, 1.165) is 35.9 Å². The van der Waals surface area contributed by atoms with E-state index in [2.05, 4.69) is 15.9 Å². The summed E-state index contributed by atoms with van der Waals surface area (Å²) in [6, 6.07) is 9.61. The number of hydrogen-bond donors (Lipinski definition) is 1. The second-order valence-corrected chi connectivity index (χ2v) is 8.23. The normalized spacial score (nSPS) is 11.1. The van der Waals surface area contributed by atoms with Crippen LogP contribution in [0.15, 0.2) is 49.8 Å². The van der Waals surface area contributed by atoms with Crippen LogP contribution in [0.1, 0.15) is 31.2 Å².